The van der Waals surface area contributed by atoms with E-state index < -0.39 is 0 Å². The van der Waals surface area contributed by atoms with Gasteiger partial charge in [-0.25, -0.2) is 4.79 Å². The zero-order valence-electron chi connectivity index (χ0n) is 9.04. The van der Waals surface area contributed by atoms with Gasteiger partial charge in [0.15, 0.2) is 0 Å². The number of carbonyl (C=O) groups excluding carboxylic acids is 1. The second-order valence-electron chi connectivity index (χ2n) is 3.17. The number of nitrogens with two attached hydrogens (primary N) is 1. The molecular formula is C11H13Cl2N3O. The number of benzene rings is 1. The molecule has 0 saturated heterocycles. The van der Waals surface area contributed by atoms with Gasteiger partial charge in [-0.3, -0.25) is 0 Å². The van der Waals surface area contributed by atoms with E-state index in [0.29, 0.717) is 28.8 Å². The zero-order chi connectivity index (χ0) is 12.7. The van der Waals surface area contributed by atoms with Crippen LogP contribution in [0.25, 0.3) is 0 Å². The van der Waals surface area contributed by atoms with Gasteiger partial charge in [0.2, 0.25) is 0 Å². The monoisotopic (exact) mass is 273 g/mol. The van der Waals surface area contributed by atoms with Crippen LogP contribution in [0, 0.1) is 0 Å². The number of amides is 2. The van der Waals surface area contributed by atoms with Crippen molar-refractivity contribution in [2.75, 3.05) is 18.4 Å². The molecule has 0 aliphatic rings. The van der Waals surface area contributed by atoms with E-state index in [4.69, 9.17) is 28.9 Å². The summed E-state index contributed by atoms with van der Waals surface area (Å²) < 4.78 is 0. The number of carbonyl (C=O) groups is 1. The maximum absolute atomic E-state index is 11.5. The first-order valence-electron chi connectivity index (χ1n) is 4.98. The summed E-state index contributed by atoms with van der Waals surface area (Å²) in [5.41, 5.74) is 5.73. The molecule has 0 bridgehead atoms. The zero-order valence-corrected chi connectivity index (χ0v) is 10.6. The van der Waals surface area contributed by atoms with Crippen molar-refractivity contribution < 1.29 is 4.79 Å². The molecule has 0 aromatic heterocycles. The molecule has 0 saturated carbocycles. The number of anilines is 1. The highest BCUT2D eigenvalue weighted by Gasteiger charge is 2.04. The summed E-state index contributed by atoms with van der Waals surface area (Å²) in [6, 6.07) is 4.50. The first-order valence-corrected chi connectivity index (χ1v) is 5.74. The van der Waals surface area contributed by atoms with Crippen LogP contribution in [0.4, 0.5) is 10.5 Å². The average molecular weight is 274 g/mol. The minimum Gasteiger partial charge on any atom is -0.334 e. The van der Waals surface area contributed by atoms with Crippen molar-refractivity contribution in [2.24, 2.45) is 5.73 Å². The summed E-state index contributed by atoms with van der Waals surface area (Å²) in [4.78, 5) is 11.5. The second kappa shape index (κ2) is 7.17. The summed E-state index contributed by atoms with van der Waals surface area (Å²) in [5, 5.41) is 6.15. The number of hydrogen-bond acceptors (Lipinski definition) is 2. The van der Waals surface area contributed by atoms with Crippen LogP contribution in [0.5, 0.6) is 0 Å². The van der Waals surface area contributed by atoms with Crippen molar-refractivity contribution in [1.29, 1.82) is 0 Å². The van der Waals surface area contributed by atoms with Crippen molar-refractivity contribution in [2.45, 2.75) is 0 Å². The van der Waals surface area contributed by atoms with Crippen molar-refractivity contribution >= 4 is 34.9 Å². The number of halogens is 2. The van der Waals surface area contributed by atoms with E-state index >= 15 is 0 Å². The predicted octanol–water partition coefficient (Wildman–Crippen LogP) is 2.63. The Kier molecular flexibility index (Phi) is 5.83. The summed E-state index contributed by atoms with van der Waals surface area (Å²) in [6.07, 6.45) is 3.52. The van der Waals surface area contributed by atoms with Gasteiger partial charge in [-0.1, -0.05) is 35.4 Å². The van der Waals surface area contributed by atoms with E-state index in [2.05, 4.69) is 10.6 Å². The van der Waals surface area contributed by atoms with Crippen LogP contribution in [-0.2, 0) is 0 Å². The maximum atomic E-state index is 11.5. The smallest absolute Gasteiger partial charge is 0.319 e. The number of nitrogens with one attached hydrogen (secondary N) is 2. The summed E-state index contributed by atoms with van der Waals surface area (Å²) >= 11 is 11.7. The fourth-order valence-corrected chi connectivity index (χ4v) is 1.43. The second-order valence-corrected chi connectivity index (χ2v) is 4.01. The molecule has 4 N–H and O–H groups in total. The lowest BCUT2D eigenvalue weighted by atomic mass is 10.3. The Morgan fingerprint density at radius 2 is 2.12 bits per heavy atom. The van der Waals surface area contributed by atoms with Gasteiger partial charge in [0, 0.05) is 18.1 Å². The minimum absolute atomic E-state index is 0.351. The lowest BCUT2D eigenvalue weighted by molar-refractivity contribution is 0.253. The van der Waals surface area contributed by atoms with E-state index in [1.54, 1.807) is 30.4 Å². The molecule has 0 aliphatic carbocycles. The molecule has 0 atom stereocenters. The molecule has 0 radical (unpaired) electrons. The topological polar surface area (TPSA) is 67.1 Å². The maximum Gasteiger partial charge on any atom is 0.319 e. The molecular weight excluding hydrogens is 261 g/mol. The molecule has 2 amide bonds. The molecule has 1 rings (SSSR count). The van der Waals surface area contributed by atoms with E-state index in [9.17, 15) is 4.79 Å². The molecule has 6 heteroatoms. The molecule has 1 aromatic carbocycles. The Balaban J connectivity index is 2.50. The first-order chi connectivity index (χ1) is 8.13. The van der Waals surface area contributed by atoms with Crippen LogP contribution in [-0.4, -0.2) is 19.1 Å². The van der Waals surface area contributed by atoms with Gasteiger partial charge in [-0.05, 0) is 18.2 Å². The van der Waals surface area contributed by atoms with E-state index in [-0.39, 0.29) is 6.03 Å². The van der Waals surface area contributed by atoms with Crippen molar-refractivity contribution in [3.05, 3.63) is 40.4 Å². The summed E-state index contributed by atoms with van der Waals surface area (Å²) in [6.45, 7) is 0.852. The molecule has 0 aliphatic heterocycles. The molecule has 0 heterocycles. The third-order valence-electron chi connectivity index (χ3n) is 1.86. The lowest BCUT2D eigenvalue weighted by Gasteiger charge is -2.07. The van der Waals surface area contributed by atoms with E-state index in [1.807, 2.05) is 0 Å². The number of rotatable bonds is 4. The van der Waals surface area contributed by atoms with Crippen molar-refractivity contribution in [1.82, 2.24) is 5.32 Å². The van der Waals surface area contributed by atoms with Crippen LogP contribution in [0.2, 0.25) is 10.0 Å². The van der Waals surface area contributed by atoms with Gasteiger partial charge < -0.3 is 16.4 Å². The third kappa shape index (κ3) is 5.08. The number of hydrogen-bond donors (Lipinski definition) is 3. The molecule has 1 aromatic rings. The van der Waals surface area contributed by atoms with Crippen LogP contribution >= 0.6 is 23.2 Å². The average Bonchev–Trinajstić information content (AvgIpc) is 2.29. The van der Waals surface area contributed by atoms with Gasteiger partial charge >= 0.3 is 6.03 Å². The largest absolute Gasteiger partial charge is 0.334 e. The Bertz CT molecular complexity index is 421. The van der Waals surface area contributed by atoms with Gasteiger partial charge in [-0.15, -0.1) is 0 Å². The van der Waals surface area contributed by atoms with Gasteiger partial charge in [0.1, 0.15) is 0 Å². The van der Waals surface area contributed by atoms with Crippen LogP contribution < -0.4 is 16.4 Å². The molecule has 92 valence electrons. The minimum atomic E-state index is -0.351. The molecule has 0 unspecified atom stereocenters. The Morgan fingerprint density at radius 3 is 2.82 bits per heavy atom. The highest BCUT2D eigenvalue weighted by Crippen LogP contribution is 2.25. The summed E-state index contributed by atoms with van der Waals surface area (Å²) in [5.74, 6) is 0. The Hall–Kier alpha value is -1.23. The fourth-order valence-electron chi connectivity index (χ4n) is 1.09. The van der Waals surface area contributed by atoms with Crippen LogP contribution in [0.1, 0.15) is 0 Å². The van der Waals surface area contributed by atoms with Gasteiger partial charge in [0.25, 0.3) is 0 Å². The highest BCUT2D eigenvalue weighted by atomic mass is 35.5. The third-order valence-corrected chi connectivity index (χ3v) is 2.42. The van der Waals surface area contributed by atoms with Crippen LogP contribution in [0.15, 0.2) is 30.4 Å². The first kappa shape index (κ1) is 13.8. The van der Waals surface area contributed by atoms with E-state index in [0.717, 1.165) is 0 Å². The van der Waals surface area contributed by atoms with Crippen molar-refractivity contribution in [3.8, 4) is 0 Å². The van der Waals surface area contributed by atoms with Gasteiger partial charge in [-0.2, -0.15) is 0 Å². The Labute approximate surface area is 110 Å². The normalized spacial score (nSPS) is 10.5. The lowest BCUT2D eigenvalue weighted by Crippen LogP contribution is -2.28. The molecule has 0 fully saturated rings. The quantitative estimate of drug-likeness (QED) is 0.739. The number of urea groups is 1. The van der Waals surface area contributed by atoms with Gasteiger partial charge in [0.05, 0.1) is 10.7 Å². The standard InChI is InChI=1S/C11H13Cl2N3O/c12-8-3-4-9(13)10(7-8)16-11(17)15-6-2-1-5-14/h1-4,7H,5-6,14H2,(H2,15,16,17)/b2-1+. The predicted molar refractivity (Wildman–Crippen MR) is 71.7 cm³/mol. The molecule has 17 heavy (non-hydrogen) atoms. The molecule has 0 spiro atoms. The summed E-state index contributed by atoms with van der Waals surface area (Å²) in [7, 11) is 0. The SMILES string of the molecule is NC/C=C/CNC(=O)Nc1cc(Cl)ccc1Cl. The highest BCUT2D eigenvalue weighted by molar-refractivity contribution is 6.35. The van der Waals surface area contributed by atoms with E-state index in [1.165, 1.54) is 0 Å². The molecule has 4 nitrogen and oxygen atoms in total. The Morgan fingerprint density at radius 1 is 1.35 bits per heavy atom. The van der Waals surface area contributed by atoms with Crippen molar-refractivity contribution in [3.63, 3.8) is 0 Å². The van der Waals surface area contributed by atoms with Crippen LogP contribution in [0.3, 0.4) is 0 Å². The fraction of sp³-hybridized carbons (Fsp3) is 0.182.